The van der Waals surface area contributed by atoms with Crippen LogP contribution in [0.5, 0.6) is 0 Å². The molecular weight excluding hydrogens is 238 g/mol. The first kappa shape index (κ1) is 14.3. The molecule has 106 valence electrons. The van der Waals surface area contributed by atoms with Gasteiger partial charge in [0, 0.05) is 37.3 Å². The van der Waals surface area contributed by atoms with Gasteiger partial charge in [0.15, 0.2) is 0 Å². The van der Waals surface area contributed by atoms with Crippen LogP contribution in [0.25, 0.3) is 0 Å². The van der Waals surface area contributed by atoms with Crippen molar-refractivity contribution in [1.29, 1.82) is 0 Å². The van der Waals surface area contributed by atoms with Crippen molar-refractivity contribution in [1.82, 2.24) is 10.3 Å². The van der Waals surface area contributed by atoms with Gasteiger partial charge in [-0.05, 0) is 49.8 Å². The van der Waals surface area contributed by atoms with Gasteiger partial charge >= 0.3 is 0 Å². The largest absolute Gasteiger partial charge is 0.398 e. The first-order valence-corrected chi connectivity index (χ1v) is 7.29. The third kappa shape index (κ3) is 4.48. The van der Waals surface area contributed by atoms with Gasteiger partial charge in [-0.3, -0.25) is 4.98 Å². The minimum Gasteiger partial charge on any atom is -0.398 e. The number of hydrogen-bond acceptors (Lipinski definition) is 4. The lowest BCUT2D eigenvalue weighted by Gasteiger charge is -2.22. The van der Waals surface area contributed by atoms with Crippen LogP contribution in [0.4, 0.5) is 5.69 Å². The van der Waals surface area contributed by atoms with E-state index in [-0.39, 0.29) is 0 Å². The molecule has 0 bridgehead atoms. The van der Waals surface area contributed by atoms with E-state index < -0.39 is 0 Å². The van der Waals surface area contributed by atoms with E-state index in [1.54, 1.807) is 6.20 Å². The van der Waals surface area contributed by atoms with Gasteiger partial charge in [-0.2, -0.15) is 0 Å². The quantitative estimate of drug-likeness (QED) is 0.790. The molecule has 3 N–H and O–H groups in total. The van der Waals surface area contributed by atoms with E-state index in [0.29, 0.717) is 12.0 Å². The van der Waals surface area contributed by atoms with Crippen LogP contribution in [0.1, 0.15) is 31.7 Å². The van der Waals surface area contributed by atoms with Gasteiger partial charge in [0.05, 0.1) is 0 Å². The van der Waals surface area contributed by atoms with Crippen LogP contribution < -0.4 is 11.1 Å². The topological polar surface area (TPSA) is 60.2 Å². The van der Waals surface area contributed by atoms with Crippen LogP contribution in [0.3, 0.4) is 0 Å². The summed E-state index contributed by atoms with van der Waals surface area (Å²) in [6, 6.07) is 2.35. The Morgan fingerprint density at radius 1 is 1.58 bits per heavy atom. The van der Waals surface area contributed by atoms with Crippen molar-refractivity contribution < 1.29 is 4.74 Å². The second kappa shape index (κ2) is 7.46. The van der Waals surface area contributed by atoms with Crippen LogP contribution in [0.15, 0.2) is 18.5 Å². The first-order chi connectivity index (χ1) is 9.29. The molecule has 19 heavy (non-hydrogen) atoms. The van der Waals surface area contributed by atoms with Gasteiger partial charge < -0.3 is 15.8 Å². The van der Waals surface area contributed by atoms with Crippen LogP contribution in [0, 0.1) is 5.92 Å². The van der Waals surface area contributed by atoms with Crippen molar-refractivity contribution >= 4 is 5.69 Å². The summed E-state index contributed by atoms with van der Waals surface area (Å²) >= 11 is 0. The summed E-state index contributed by atoms with van der Waals surface area (Å²) in [6.07, 6.45) is 8.09. The molecule has 2 atom stereocenters. The molecule has 1 aromatic rings. The maximum atomic E-state index is 6.01. The van der Waals surface area contributed by atoms with Gasteiger partial charge in [-0.15, -0.1) is 0 Å². The number of ether oxygens (including phenoxy) is 1. The minimum atomic E-state index is 0.471. The molecule has 0 saturated carbocycles. The first-order valence-electron chi connectivity index (χ1n) is 7.29. The zero-order chi connectivity index (χ0) is 13.5. The minimum absolute atomic E-state index is 0.471. The molecule has 0 aliphatic carbocycles. The number of hydrogen-bond donors (Lipinski definition) is 2. The normalized spacial score (nSPS) is 20.6. The Labute approximate surface area is 115 Å². The highest BCUT2D eigenvalue weighted by Gasteiger charge is 2.21. The lowest BCUT2D eigenvalue weighted by Crippen LogP contribution is -2.34. The molecule has 2 unspecified atom stereocenters. The highest BCUT2D eigenvalue weighted by atomic mass is 16.5. The number of nitrogens with two attached hydrogens (primary N) is 1. The molecule has 1 aromatic heterocycles. The van der Waals surface area contributed by atoms with E-state index in [1.807, 2.05) is 12.3 Å². The number of anilines is 1. The van der Waals surface area contributed by atoms with Gasteiger partial charge in [0.2, 0.25) is 0 Å². The Kier molecular flexibility index (Phi) is 5.61. The molecule has 1 fully saturated rings. The molecular formula is C15H25N3O. The fraction of sp³-hybridized carbons (Fsp3) is 0.667. The SMILES string of the molecule is CCCNC(Cc1cnccc1N)CC1CCOC1. The lowest BCUT2D eigenvalue weighted by molar-refractivity contribution is 0.181. The molecule has 2 heterocycles. The number of nitrogens with one attached hydrogen (secondary N) is 1. The van der Waals surface area contributed by atoms with E-state index in [1.165, 1.54) is 6.42 Å². The molecule has 0 amide bonds. The number of nitrogen functional groups attached to an aromatic ring is 1. The summed E-state index contributed by atoms with van der Waals surface area (Å²) < 4.78 is 5.47. The average Bonchev–Trinajstić information content (AvgIpc) is 2.91. The number of pyridine rings is 1. The van der Waals surface area contributed by atoms with Crippen molar-refractivity contribution in [3.63, 3.8) is 0 Å². The Morgan fingerprint density at radius 2 is 2.47 bits per heavy atom. The van der Waals surface area contributed by atoms with Crippen LogP contribution in [0.2, 0.25) is 0 Å². The summed E-state index contributed by atoms with van der Waals surface area (Å²) in [6.45, 7) is 5.08. The van der Waals surface area contributed by atoms with Gasteiger partial charge in [0.25, 0.3) is 0 Å². The van der Waals surface area contributed by atoms with Gasteiger partial charge in [-0.25, -0.2) is 0 Å². The Balaban J connectivity index is 1.94. The summed E-state index contributed by atoms with van der Waals surface area (Å²) in [5.41, 5.74) is 8.01. The maximum absolute atomic E-state index is 6.01. The zero-order valence-electron chi connectivity index (χ0n) is 11.8. The summed E-state index contributed by atoms with van der Waals surface area (Å²) in [5, 5.41) is 3.63. The van der Waals surface area contributed by atoms with Crippen molar-refractivity contribution in [2.24, 2.45) is 5.92 Å². The molecule has 1 aliphatic heterocycles. The second-order valence-corrected chi connectivity index (χ2v) is 5.39. The van der Waals surface area contributed by atoms with Crippen molar-refractivity contribution in [2.45, 2.75) is 38.6 Å². The monoisotopic (exact) mass is 263 g/mol. The van der Waals surface area contributed by atoms with Crippen molar-refractivity contribution in [3.8, 4) is 0 Å². The van der Waals surface area contributed by atoms with E-state index in [9.17, 15) is 0 Å². The molecule has 0 aromatic carbocycles. The van der Waals surface area contributed by atoms with Crippen LogP contribution in [-0.4, -0.2) is 30.8 Å². The summed E-state index contributed by atoms with van der Waals surface area (Å²) in [7, 11) is 0. The Morgan fingerprint density at radius 3 is 3.16 bits per heavy atom. The van der Waals surface area contributed by atoms with Gasteiger partial charge in [-0.1, -0.05) is 6.92 Å². The third-order valence-electron chi connectivity index (χ3n) is 3.73. The fourth-order valence-corrected chi connectivity index (χ4v) is 2.63. The van der Waals surface area contributed by atoms with E-state index in [4.69, 9.17) is 10.5 Å². The van der Waals surface area contributed by atoms with Crippen molar-refractivity contribution in [3.05, 3.63) is 24.0 Å². The maximum Gasteiger partial charge on any atom is 0.0495 e. The number of nitrogens with zero attached hydrogens (tertiary/aromatic N) is 1. The smallest absolute Gasteiger partial charge is 0.0495 e. The second-order valence-electron chi connectivity index (χ2n) is 5.39. The average molecular weight is 263 g/mol. The summed E-state index contributed by atoms with van der Waals surface area (Å²) in [4.78, 5) is 4.18. The molecule has 4 nitrogen and oxygen atoms in total. The molecule has 1 saturated heterocycles. The highest BCUT2D eigenvalue weighted by Crippen LogP contribution is 2.21. The molecule has 0 radical (unpaired) electrons. The van der Waals surface area contributed by atoms with Crippen LogP contribution in [-0.2, 0) is 11.2 Å². The fourth-order valence-electron chi connectivity index (χ4n) is 2.63. The molecule has 0 spiro atoms. The molecule has 4 heteroatoms. The van der Waals surface area contributed by atoms with Crippen LogP contribution >= 0.6 is 0 Å². The Hall–Kier alpha value is -1.13. The van der Waals surface area contributed by atoms with E-state index >= 15 is 0 Å². The lowest BCUT2D eigenvalue weighted by atomic mass is 9.94. The van der Waals surface area contributed by atoms with E-state index in [2.05, 4.69) is 17.2 Å². The zero-order valence-corrected chi connectivity index (χ0v) is 11.8. The molecule has 1 aliphatic rings. The van der Waals surface area contributed by atoms with Crippen molar-refractivity contribution in [2.75, 3.05) is 25.5 Å². The summed E-state index contributed by atoms with van der Waals surface area (Å²) in [5.74, 6) is 0.687. The standard InChI is InChI=1S/C15H25N3O/c1-2-5-18-14(8-12-4-7-19-11-12)9-13-10-17-6-3-15(13)16/h3,6,10,12,14,18H,2,4-5,7-9,11H2,1H3,(H2,16,17). The van der Waals surface area contributed by atoms with Gasteiger partial charge in [0.1, 0.15) is 0 Å². The Bertz CT molecular complexity index is 377. The third-order valence-corrected chi connectivity index (χ3v) is 3.73. The predicted molar refractivity (Wildman–Crippen MR) is 78.0 cm³/mol. The van der Waals surface area contributed by atoms with E-state index in [0.717, 1.165) is 50.3 Å². The predicted octanol–water partition coefficient (Wildman–Crippen LogP) is 2.00. The number of rotatable bonds is 7. The molecule has 2 rings (SSSR count). The highest BCUT2D eigenvalue weighted by molar-refractivity contribution is 5.44. The number of aromatic nitrogens is 1.